The van der Waals surface area contributed by atoms with Crippen molar-refractivity contribution in [2.24, 2.45) is 0 Å². The molecule has 1 nitrogen and oxygen atoms in total. The normalized spacial score (nSPS) is 25.5. The van der Waals surface area contributed by atoms with Crippen molar-refractivity contribution < 1.29 is 0 Å². The first-order valence-corrected chi connectivity index (χ1v) is 7.86. The average molecular weight is 247 g/mol. The average Bonchev–Trinajstić information content (AvgIpc) is 2.59. The molecular weight excluding hydrogens is 226 g/mol. The maximum absolute atomic E-state index is 2.69. The summed E-state index contributed by atoms with van der Waals surface area (Å²) in [4.78, 5) is 4.22. The van der Waals surface area contributed by atoms with E-state index in [-0.39, 0.29) is 0 Å². The number of rotatable bonds is 2. The molecule has 0 aromatic heterocycles. The standard InChI is InChI=1S/C15H21NS/c1-2-6-10-16(9-5-1)11-13-12-17-15-8-4-3-7-14(13)15/h3-4,7-8,13H,1-2,5-6,9-12H2. The quantitative estimate of drug-likeness (QED) is 0.783. The van der Waals surface area contributed by atoms with Gasteiger partial charge in [0.2, 0.25) is 0 Å². The van der Waals surface area contributed by atoms with Crippen LogP contribution < -0.4 is 0 Å². The van der Waals surface area contributed by atoms with Crippen molar-refractivity contribution in [1.82, 2.24) is 4.90 Å². The van der Waals surface area contributed by atoms with Crippen LogP contribution in [0, 0.1) is 0 Å². The van der Waals surface area contributed by atoms with E-state index >= 15 is 0 Å². The molecule has 0 aliphatic carbocycles. The van der Waals surface area contributed by atoms with Gasteiger partial charge in [-0.25, -0.2) is 0 Å². The van der Waals surface area contributed by atoms with Gasteiger partial charge in [-0.2, -0.15) is 0 Å². The fourth-order valence-corrected chi connectivity index (χ4v) is 4.25. The minimum absolute atomic E-state index is 0.772. The Balaban J connectivity index is 1.66. The third-order valence-electron chi connectivity index (χ3n) is 3.98. The molecule has 1 unspecified atom stereocenters. The van der Waals surface area contributed by atoms with E-state index in [0.29, 0.717) is 0 Å². The Bertz CT molecular complexity index is 369. The van der Waals surface area contributed by atoms with Gasteiger partial charge in [-0.3, -0.25) is 0 Å². The summed E-state index contributed by atoms with van der Waals surface area (Å²) in [5, 5.41) is 0. The molecule has 2 heteroatoms. The molecule has 2 aliphatic heterocycles. The molecule has 1 atom stereocenters. The van der Waals surface area contributed by atoms with Crippen LogP contribution in [-0.2, 0) is 0 Å². The fourth-order valence-electron chi connectivity index (χ4n) is 3.01. The van der Waals surface area contributed by atoms with Crippen LogP contribution in [0.15, 0.2) is 29.2 Å². The molecule has 1 saturated heterocycles. The third kappa shape index (κ3) is 2.69. The Morgan fingerprint density at radius 2 is 1.82 bits per heavy atom. The SMILES string of the molecule is c1ccc2c(c1)SCC2CN1CCCCCC1. The van der Waals surface area contributed by atoms with Gasteiger partial charge in [-0.15, -0.1) is 11.8 Å². The fraction of sp³-hybridized carbons (Fsp3) is 0.600. The summed E-state index contributed by atoms with van der Waals surface area (Å²) >= 11 is 2.04. The van der Waals surface area contributed by atoms with E-state index in [1.165, 1.54) is 56.0 Å². The van der Waals surface area contributed by atoms with E-state index in [2.05, 4.69) is 29.2 Å². The zero-order valence-corrected chi connectivity index (χ0v) is 11.2. The van der Waals surface area contributed by atoms with Gasteiger partial charge in [-0.05, 0) is 37.6 Å². The lowest BCUT2D eigenvalue weighted by atomic mass is 10.0. The Morgan fingerprint density at radius 3 is 2.65 bits per heavy atom. The first-order valence-electron chi connectivity index (χ1n) is 6.87. The molecule has 3 rings (SSSR count). The Hall–Kier alpha value is -0.470. The molecule has 0 N–H and O–H groups in total. The lowest BCUT2D eigenvalue weighted by Crippen LogP contribution is -2.29. The topological polar surface area (TPSA) is 3.24 Å². The summed E-state index contributed by atoms with van der Waals surface area (Å²) < 4.78 is 0. The van der Waals surface area contributed by atoms with Crippen LogP contribution >= 0.6 is 11.8 Å². The molecule has 92 valence electrons. The van der Waals surface area contributed by atoms with E-state index in [9.17, 15) is 0 Å². The molecule has 0 spiro atoms. The van der Waals surface area contributed by atoms with Crippen molar-refractivity contribution in [1.29, 1.82) is 0 Å². The van der Waals surface area contributed by atoms with Gasteiger partial charge in [0.1, 0.15) is 0 Å². The zero-order valence-electron chi connectivity index (χ0n) is 10.4. The number of nitrogens with zero attached hydrogens (tertiary/aromatic N) is 1. The highest BCUT2D eigenvalue weighted by Crippen LogP contribution is 2.39. The number of benzene rings is 1. The minimum Gasteiger partial charge on any atom is -0.303 e. The van der Waals surface area contributed by atoms with Gasteiger partial charge in [0, 0.05) is 23.1 Å². The maximum Gasteiger partial charge on any atom is 0.0108 e. The van der Waals surface area contributed by atoms with E-state index in [1.54, 1.807) is 5.56 Å². The first-order chi connectivity index (χ1) is 8.43. The number of likely N-dealkylation sites (tertiary alicyclic amines) is 1. The molecule has 0 radical (unpaired) electrons. The second-order valence-corrected chi connectivity index (χ2v) is 6.32. The number of fused-ring (bicyclic) bond motifs is 1. The minimum atomic E-state index is 0.772. The highest BCUT2D eigenvalue weighted by molar-refractivity contribution is 7.99. The van der Waals surface area contributed by atoms with Crippen LogP contribution in [0.1, 0.15) is 37.2 Å². The van der Waals surface area contributed by atoms with Crippen LogP contribution in [0.4, 0.5) is 0 Å². The first kappa shape index (κ1) is 11.6. The lowest BCUT2D eigenvalue weighted by molar-refractivity contribution is 0.273. The van der Waals surface area contributed by atoms with Gasteiger partial charge in [0.25, 0.3) is 0 Å². The number of hydrogen-bond donors (Lipinski definition) is 0. The molecular formula is C15H21NS. The van der Waals surface area contributed by atoms with E-state index < -0.39 is 0 Å². The molecule has 1 aromatic rings. The van der Waals surface area contributed by atoms with E-state index in [0.717, 1.165) is 5.92 Å². The molecule has 2 aliphatic rings. The van der Waals surface area contributed by atoms with Crippen LogP contribution in [0.5, 0.6) is 0 Å². The Morgan fingerprint density at radius 1 is 1.06 bits per heavy atom. The highest BCUT2D eigenvalue weighted by atomic mass is 32.2. The van der Waals surface area contributed by atoms with Crippen molar-refractivity contribution in [3.8, 4) is 0 Å². The van der Waals surface area contributed by atoms with Crippen molar-refractivity contribution in [3.05, 3.63) is 29.8 Å². The van der Waals surface area contributed by atoms with Gasteiger partial charge in [0.05, 0.1) is 0 Å². The second kappa shape index (κ2) is 5.45. The molecule has 17 heavy (non-hydrogen) atoms. The summed E-state index contributed by atoms with van der Waals surface area (Å²) in [6.45, 7) is 3.93. The molecule has 1 aromatic carbocycles. The van der Waals surface area contributed by atoms with Crippen molar-refractivity contribution >= 4 is 11.8 Å². The smallest absolute Gasteiger partial charge is 0.0108 e. The largest absolute Gasteiger partial charge is 0.303 e. The molecule has 0 amide bonds. The molecule has 2 heterocycles. The second-order valence-electron chi connectivity index (χ2n) is 5.26. The van der Waals surface area contributed by atoms with Gasteiger partial charge < -0.3 is 4.90 Å². The molecule has 0 saturated carbocycles. The van der Waals surface area contributed by atoms with Crippen LogP contribution in [0.2, 0.25) is 0 Å². The summed E-state index contributed by atoms with van der Waals surface area (Å²) in [5.74, 6) is 2.06. The predicted octanol–water partition coefficient (Wildman–Crippen LogP) is 3.75. The maximum atomic E-state index is 2.69. The molecule has 0 bridgehead atoms. The molecule has 1 fully saturated rings. The lowest BCUT2D eigenvalue weighted by Gasteiger charge is -2.23. The van der Waals surface area contributed by atoms with Gasteiger partial charge in [-0.1, -0.05) is 31.0 Å². The highest BCUT2D eigenvalue weighted by Gasteiger charge is 2.24. The van der Waals surface area contributed by atoms with Crippen molar-refractivity contribution in [2.75, 3.05) is 25.4 Å². The Labute approximate surface area is 109 Å². The third-order valence-corrected chi connectivity index (χ3v) is 5.23. The predicted molar refractivity (Wildman–Crippen MR) is 74.8 cm³/mol. The van der Waals surface area contributed by atoms with Crippen molar-refractivity contribution in [2.45, 2.75) is 36.5 Å². The summed E-state index contributed by atoms with van der Waals surface area (Å²) in [7, 11) is 0. The monoisotopic (exact) mass is 247 g/mol. The van der Waals surface area contributed by atoms with Crippen LogP contribution in [0.3, 0.4) is 0 Å². The summed E-state index contributed by atoms with van der Waals surface area (Å²) in [6.07, 6.45) is 5.68. The zero-order chi connectivity index (χ0) is 11.5. The summed E-state index contributed by atoms with van der Waals surface area (Å²) in [5.41, 5.74) is 1.60. The Kier molecular flexibility index (Phi) is 3.72. The van der Waals surface area contributed by atoms with Crippen LogP contribution in [0.25, 0.3) is 0 Å². The summed E-state index contributed by atoms with van der Waals surface area (Å²) in [6, 6.07) is 8.97. The number of thioether (sulfide) groups is 1. The van der Waals surface area contributed by atoms with Crippen LogP contribution in [-0.4, -0.2) is 30.3 Å². The number of hydrogen-bond acceptors (Lipinski definition) is 2. The van der Waals surface area contributed by atoms with E-state index in [1.807, 2.05) is 11.8 Å². The van der Waals surface area contributed by atoms with Gasteiger partial charge in [0.15, 0.2) is 0 Å². The van der Waals surface area contributed by atoms with E-state index in [4.69, 9.17) is 0 Å². The van der Waals surface area contributed by atoms with Crippen molar-refractivity contribution in [3.63, 3.8) is 0 Å². The van der Waals surface area contributed by atoms with Gasteiger partial charge >= 0.3 is 0 Å².